The van der Waals surface area contributed by atoms with Gasteiger partial charge in [0.1, 0.15) is 6.61 Å². The second-order valence-corrected chi connectivity index (χ2v) is 18.8. The molecule has 1 unspecified atom stereocenters. The summed E-state index contributed by atoms with van der Waals surface area (Å²) in [7, 11) is 0. The maximum Gasteiger partial charge on any atom is 0.306 e. The van der Waals surface area contributed by atoms with Crippen molar-refractivity contribution in [3.63, 3.8) is 0 Å². The van der Waals surface area contributed by atoms with Crippen molar-refractivity contribution in [2.45, 2.75) is 271 Å². The number of allylic oxidation sites excluding steroid dienone is 16. The molecule has 0 aromatic carbocycles. The fraction of sp³-hybridized carbons (Fsp3) is 0.714. The highest BCUT2D eigenvalue weighted by Crippen LogP contribution is 2.14. The van der Waals surface area contributed by atoms with Crippen LogP contribution in [0.5, 0.6) is 0 Å². The first kappa shape index (κ1) is 64.8. The monoisotopic (exact) mass is 945 g/mol. The normalized spacial score (nSPS) is 12.9. The Bertz CT molecular complexity index is 1300. The smallest absolute Gasteiger partial charge is 0.306 e. The number of hydrogen-bond donors (Lipinski definition) is 0. The van der Waals surface area contributed by atoms with Gasteiger partial charge in [-0.15, -0.1) is 0 Å². The number of carbonyl (C=O) groups excluding carboxylic acids is 2. The highest BCUT2D eigenvalue weighted by Gasteiger charge is 2.17. The Labute approximate surface area is 422 Å². The summed E-state index contributed by atoms with van der Waals surface area (Å²) in [5.74, 6) is -0.428. The van der Waals surface area contributed by atoms with Gasteiger partial charge in [-0.3, -0.25) is 9.59 Å². The number of rotatable bonds is 52. The number of esters is 2. The highest BCUT2D eigenvalue weighted by atomic mass is 16.6. The summed E-state index contributed by atoms with van der Waals surface area (Å²) in [6.45, 7) is 7.56. The molecule has 390 valence electrons. The van der Waals surface area contributed by atoms with Crippen LogP contribution in [0.15, 0.2) is 97.2 Å². The molecule has 0 fully saturated rings. The molecular formula is C63H108O5. The van der Waals surface area contributed by atoms with Crippen LogP contribution in [-0.2, 0) is 23.8 Å². The lowest BCUT2D eigenvalue weighted by Crippen LogP contribution is -2.30. The summed E-state index contributed by atoms with van der Waals surface area (Å²) in [6.07, 6.45) is 78.6. The van der Waals surface area contributed by atoms with Crippen molar-refractivity contribution >= 4 is 11.9 Å². The lowest BCUT2D eigenvalue weighted by molar-refractivity contribution is -0.163. The second-order valence-electron chi connectivity index (χ2n) is 18.8. The minimum atomic E-state index is -0.562. The fourth-order valence-corrected chi connectivity index (χ4v) is 7.86. The molecule has 0 aromatic heterocycles. The Morgan fingerprint density at radius 3 is 1.07 bits per heavy atom. The van der Waals surface area contributed by atoms with Gasteiger partial charge in [0.2, 0.25) is 0 Å². The Morgan fingerprint density at radius 1 is 0.338 bits per heavy atom. The summed E-state index contributed by atoms with van der Waals surface area (Å²) in [5.41, 5.74) is 0. The molecule has 5 nitrogen and oxygen atoms in total. The average Bonchev–Trinajstić information content (AvgIpc) is 3.34. The van der Waals surface area contributed by atoms with Crippen molar-refractivity contribution in [1.29, 1.82) is 0 Å². The van der Waals surface area contributed by atoms with E-state index >= 15 is 0 Å². The molecule has 0 rings (SSSR count). The van der Waals surface area contributed by atoms with Crippen molar-refractivity contribution in [3.05, 3.63) is 97.2 Å². The van der Waals surface area contributed by atoms with E-state index in [1.165, 1.54) is 128 Å². The third kappa shape index (κ3) is 55.4. The number of unbranched alkanes of at least 4 members (excludes halogenated alkanes) is 25. The van der Waals surface area contributed by atoms with Crippen LogP contribution < -0.4 is 0 Å². The van der Waals surface area contributed by atoms with Crippen molar-refractivity contribution in [3.8, 4) is 0 Å². The van der Waals surface area contributed by atoms with Crippen LogP contribution in [0.25, 0.3) is 0 Å². The van der Waals surface area contributed by atoms with Gasteiger partial charge in [-0.25, -0.2) is 0 Å². The Kier molecular flexibility index (Phi) is 55.4. The molecule has 0 aliphatic carbocycles. The van der Waals surface area contributed by atoms with Crippen LogP contribution in [0, 0.1) is 0 Å². The van der Waals surface area contributed by atoms with Crippen LogP contribution in [0.2, 0.25) is 0 Å². The molecule has 0 saturated carbocycles. The highest BCUT2D eigenvalue weighted by molar-refractivity contribution is 5.70. The summed E-state index contributed by atoms with van der Waals surface area (Å²) in [6, 6.07) is 0. The molecule has 0 N–H and O–H groups in total. The molecule has 0 amide bonds. The van der Waals surface area contributed by atoms with Crippen molar-refractivity contribution < 1.29 is 23.8 Å². The van der Waals surface area contributed by atoms with E-state index in [0.717, 1.165) is 103 Å². The van der Waals surface area contributed by atoms with E-state index in [1.54, 1.807) is 0 Å². The minimum absolute atomic E-state index is 0.0655. The fourth-order valence-electron chi connectivity index (χ4n) is 7.86. The molecule has 0 aliphatic heterocycles. The van der Waals surface area contributed by atoms with Crippen LogP contribution in [0.4, 0.5) is 0 Å². The zero-order valence-corrected chi connectivity index (χ0v) is 44.8. The van der Waals surface area contributed by atoms with Gasteiger partial charge in [-0.2, -0.15) is 0 Å². The Hall–Kier alpha value is -3.18. The first-order chi connectivity index (χ1) is 33.6. The van der Waals surface area contributed by atoms with E-state index in [9.17, 15) is 9.59 Å². The largest absolute Gasteiger partial charge is 0.462 e. The second kappa shape index (κ2) is 58.1. The zero-order valence-electron chi connectivity index (χ0n) is 44.8. The Balaban J connectivity index is 4.33. The maximum atomic E-state index is 12.9. The molecule has 0 saturated heterocycles. The molecular weight excluding hydrogens is 837 g/mol. The molecule has 68 heavy (non-hydrogen) atoms. The van der Waals surface area contributed by atoms with Crippen LogP contribution in [0.1, 0.15) is 265 Å². The summed E-state index contributed by atoms with van der Waals surface area (Å²) in [5, 5.41) is 0. The lowest BCUT2D eigenvalue weighted by atomic mass is 10.1. The van der Waals surface area contributed by atoms with Gasteiger partial charge in [-0.1, -0.05) is 234 Å². The van der Waals surface area contributed by atoms with Crippen LogP contribution >= 0.6 is 0 Å². The summed E-state index contributed by atoms with van der Waals surface area (Å²) in [4.78, 5) is 25.5. The van der Waals surface area contributed by atoms with Gasteiger partial charge in [0, 0.05) is 19.4 Å². The first-order valence-corrected chi connectivity index (χ1v) is 28.8. The van der Waals surface area contributed by atoms with Gasteiger partial charge in [0.15, 0.2) is 6.10 Å². The SMILES string of the molecule is CC/C=C\C/C=C\C/C=C\C/C=C\CCCCCCCOCC(COC(=O)CCCCCCCCCCC/C=C\CCCCCCCC)OC(=O)CCCCCCC/C=C\C/C=C\C/C=C\CC. The van der Waals surface area contributed by atoms with Crippen LogP contribution in [0.3, 0.4) is 0 Å². The van der Waals surface area contributed by atoms with Gasteiger partial charge >= 0.3 is 11.9 Å². The van der Waals surface area contributed by atoms with Gasteiger partial charge in [0.05, 0.1) is 6.61 Å². The predicted molar refractivity (Wildman–Crippen MR) is 297 cm³/mol. The third-order valence-corrected chi connectivity index (χ3v) is 12.1. The van der Waals surface area contributed by atoms with Gasteiger partial charge < -0.3 is 14.2 Å². The molecule has 5 heteroatoms. The molecule has 0 radical (unpaired) electrons. The summed E-state index contributed by atoms with van der Waals surface area (Å²) < 4.78 is 17.5. The number of carbonyl (C=O) groups is 2. The first-order valence-electron chi connectivity index (χ1n) is 28.8. The molecule has 0 spiro atoms. The topological polar surface area (TPSA) is 61.8 Å². The predicted octanol–water partition coefficient (Wildman–Crippen LogP) is 19.8. The average molecular weight is 946 g/mol. The van der Waals surface area contributed by atoms with E-state index in [2.05, 4.69) is 118 Å². The standard InChI is InChI=1S/C63H108O5/c1-4-7-10-13-16-19-22-25-28-30-32-33-36-38-41-44-47-50-53-56-62(64)67-60-61(68-63(65)57-54-51-48-45-42-39-35-27-24-21-18-15-12-9-6-3)59-66-58-55-52-49-46-43-40-37-34-31-29-26-23-20-17-14-11-8-5-2/h8-9,11-12,17-18,20-21,25-29,34-35,37,61H,4-7,10,13-16,19,22-24,30-33,36,38-60H2,1-3H3/b11-8-,12-9-,20-17-,21-18-,28-25-,29-26-,35-27-,37-34-. The molecule has 0 aromatic rings. The third-order valence-electron chi connectivity index (χ3n) is 12.1. The van der Waals surface area contributed by atoms with Crippen molar-refractivity contribution in [2.24, 2.45) is 0 Å². The number of hydrogen-bond acceptors (Lipinski definition) is 5. The van der Waals surface area contributed by atoms with E-state index in [-0.39, 0.29) is 25.2 Å². The number of ether oxygens (including phenoxy) is 3. The maximum absolute atomic E-state index is 12.9. The van der Waals surface area contributed by atoms with E-state index < -0.39 is 6.10 Å². The quantitative estimate of drug-likeness (QED) is 0.0345. The Morgan fingerprint density at radius 2 is 0.662 bits per heavy atom. The molecule has 0 heterocycles. The lowest BCUT2D eigenvalue weighted by Gasteiger charge is -2.18. The summed E-state index contributed by atoms with van der Waals surface area (Å²) >= 11 is 0. The minimum Gasteiger partial charge on any atom is -0.462 e. The van der Waals surface area contributed by atoms with Crippen molar-refractivity contribution in [1.82, 2.24) is 0 Å². The molecule has 0 bridgehead atoms. The van der Waals surface area contributed by atoms with Gasteiger partial charge in [0.25, 0.3) is 0 Å². The van der Waals surface area contributed by atoms with E-state index in [1.807, 2.05) is 0 Å². The molecule has 0 aliphatic rings. The zero-order chi connectivity index (χ0) is 49.2. The van der Waals surface area contributed by atoms with E-state index in [4.69, 9.17) is 14.2 Å². The van der Waals surface area contributed by atoms with Crippen LogP contribution in [-0.4, -0.2) is 37.9 Å². The molecule has 1 atom stereocenters. The van der Waals surface area contributed by atoms with Crippen molar-refractivity contribution in [2.75, 3.05) is 19.8 Å². The van der Waals surface area contributed by atoms with E-state index in [0.29, 0.717) is 19.4 Å². The van der Waals surface area contributed by atoms with Gasteiger partial charge in [-0.05, 0) is 116 Å².